The van der Waals surface area contributed by atoms with Crippen LogP contribution in [0.3, 0.4) is 0 Å². The van der Waals surface area contributed by atoms with Crippen LogP contribution >= 0.6 is 0 Å². The molecule has 0 aromatic carbocycles. The molecule has 0 spiro atoms. The molecular weight excluding hydrogens is 338 g/mol. The number of nitrogens with one attached hydrogen (secondary N) is 1. The van der Waals surface area contributed by atoms with Crippen LogP contribution in [0.4, 0.5) is 17.8 Å². The molecule has 1 aromatic rings. The Hall–Kier alpha value is -4.37. The monoisotopic (exact) mass is 341 g/mol. The molecule has 19 heteroatoms. The van der Waals surface area contributed by atoms with Crippen molar-refractivity contribution in [3.05, 3.63) is 51.2 Å². The number of rotatable bonds is 8. The third-order valence-corrected chi connectivity index (χ3v) is 2.24. The van der Waals surface area contributed by atoms with Crippen molar-refractivity contribution in [2.75, 3.05) is 11.9 Å². The van der Waals surface area contributed by atoms with Gasteiger partial charge in [0.25, 0.3) is 0 Å². The maximum absolute atomic E-state index is 10.8. The highest BCUT2D eigenvalue weighted by Crippen LogP contribution is 2.17. The maximum atomic E-state index is 10.8. The van der Waals surface area contributed by atoms with E-state index in [4.69, 9.17) is 11.1 Å². The van der Waals surface area contributed by atoms with Crippen LogP contribution in [-0.4, -0.2) is 42.1 Å². The van der Waals surface area contributed by atoms with Crippen LogP contribution in [0.2, 0.25) is 0 Å². The minimum absolute atomic E-state index is 0.647. The Labute approximate surface area is 128 Å². The van der Waals surface area contributed by atoms with E-state index in [1.54, 1.807) is 0 Å². The summed E-state index contributed by atoms with van der Waals surface area (Å²) >= 11 is 0. The maximum Gasteiger partial charge on any atom is 0.717 e. The summed E-state index contributed by atoms with van der Waals surface area (Å²) in [6.07, 6.45) is 0. The Balaban J connectivity index is 3.26. The van der Waals surface area contributed by atoms with Crippen molar-refractivity contribution in [3.63, 3.8) is 0 Å². The second kappa shape index (κ2) is 7.06. The van der Waals surface area contributed by atoms with E-state index >= 15 is 0 Å². The van der Waals surface area contributed by atoms with Gasteiger partial charge < -0.3 is 5.32 Å². The van der Waals surface area contributed by atoms with Crippen LogP contribution in [0.5, 0.6) is 0 Å². The molecule has 1 N–H and O–H groups in total. The summed E-state index contributed by atoms with van der Waals surface area (Å²) < 4.78 is 0. The zero-order valence-corrected chi connectivity index (χ0v) is 11.0. The van der Waals surface area contributed by atoms with Crippen LogP contribution < -0.4 is 5.32 Å². The van der Waals surface area contributed by atoms with Gasteiger partial charge in [0.2, 0.25) is 24.4 Å². The molecule has 0 aliphatic heterocycles. The van der Waals surface area contributed by atoms with Crippen LogP contribution in [0.25, 0.3) is 20.9 Å². The molecule has 0 atom stereocenters. The Kier molecular flexibility index (Phi) is 5.20. The average Bonchev–Trinajstić information content (AvgIpc) is 2.47. The van der Waals surface area contributed by atoms with E-state index in [0.29, 0.717) is 0 Å². The largest absolute Gasteiger partial charge is 0.717 e. The molecule has 1 rings (SSSR count). The fraction of sp³-hybridized carbons (Fsp3) is 0.400. The molecule has 0 saturated heterocycles. The van der Waals surface area contributed by atoms with Gasteiger partial charge >= 0.3 is 5.79 Å². The summed E-state index contributed by atoms with van der Waals surface area (Å²) in [5.74, 6) is -5.80. The van der Waals surface area contributed by atoms with Gasteiger partial charge in [-0.25, -0.2) is 4.98 Å². The lowest BCUT2D eigenvalue weighted by Gasteiger charge is -2.10. The fourth-order valence-electron chi connectivity index (χ4n) is 1.19. The van der Waals surface area contributed by atoms with Crippen molar-refractivity contribution in [1.29, 1.82) is 0 Å². The predicted molar refractivity (Wildman–Crippen MR) is 69.6 cm³/mol. The van der Waals surface area contributed by atoms with Gasteiger partial charge in [-0.1, -0.05) is 0 Å². The van der Waals surface area contributed by atoms with Crippen molar-refractivity contribution < 1.29 is 14.8 Å². The molecule has 1 heterocycles. The number of hydrogen-bond donors (Lipinski definition) is 1. The third kappa shape index (κ3) is 3.44. The Bertz CT molecular complexity index is 720. The number of aromatic nitrogens is 3. The van der Waals surface area contributed by atoms with E-state index in [2.05, 4.69) is 35.0 Å². The minimum Gasteiger partial charge on any atom is -0.333 e. The first-order chi connectivity index (χ1) is 11.3. The topological polar surface area (TPSA) is 278 Å². The van der Waals surface area contributed by atoms with Gasteiger partial charge in [0.15, 0.2) is 14.8 Å². The molecule has 0 aliphatic rings. The summed E-state index contributed by atoms with van der Waals surface area (Å²) in [5.41, 5.74) is 16.6. The number of nitrogens with zero attached hydrogens (tertiary/aromatic N) is 12. The van der Waals surface area contributed by atoms with E-state index < -0.39 is 44.9 Å². The van der Waals surface area contributed by atoms with Gasteiger partial charge in [0.05, 0.1) is 0 Å². The molecule has 0 radical (unpaired) electrons. The van der Waals surface area contributed by atoms with Gasteiger partial charge in [-0.2, -0.15) is 9.97 Å². The number of nitro groups is 3. The van der Waals surface area contributed by atoms with Gasteiger partial charge in [-0.05, 0) is 21.3 Å². The highest BCUT2D eigenvalue weighted by Gasteiger charge is 2.70. The normalized spacial score (nSPS) is 10.0. The fourth-order valence-corrected chi connectivity index (χ4v) is 1.19. The first-order valence-electron chi connectivity index (χ1n) is 5.31. The number of azide groups is 2. The molecule has 1 aromatic heterocycles. The van der Waals surface area contributed by atoms with E-state index in [1.807, 2.05) is 5.32 Å². The van der Waals surface area contributed by atoms with Crippen molar-refractivity contribution in [2.24, 2.45) is 10.2 Å². The molecule has 24 heavy (non-hydrogen) atoms. The lowest BCUT2D eigenvalue weighted by Crippen LogP contribution is -2.58. The van der Waals surface area contributed by atoms with Crippen LogP contribution in [-0.2, 0) is 0 Å². The lowest BCUT2D eigenvalue weighted by atomic mass is 10.4. The van der Waals surface area contributed by atoms with Crippen molar-refractivity contribution in [3.8, 4) is 0 Å². The van der Waals surface area contributed by atoms with E-state index in [0.717, 1.165) is 0 Å². The zero-order chi connectivity index (χ0) is 18.3. The quantitative estimate of drug-likeness (QED) is 0.172. The van der Waals surface area contributed by atoms with E-state index in [-0.39, 0.29) is 0 Å². The SMILES string of the molecule is [N-]=[N+]=Nc1nc(N=[N+]=[N-])nc(NCC([N+](=O)[O-])([N+](=O)[O-])[N+](=O)[O-])n1. The Morgan fingerprint density at radius 2 is 1.38 bits per heavy atom. The molecular formula is C5H3N13O6. The van der Waals surface area contributed by atoms with Crippen molar-refractivity contribution >= 4 is 17.8 Å². The van der Waals surface area contributed by atoms with Crippen LogP contribution in [0.15, 0.2) is 10.2 Å². The van der Waals surface area contributed by atoms with E-state index in [9.17, 15) is 30.3 Å². The summed E-state index contributed by atoms with van der Waals surface area (Å²) in [6.45, 7) is -1.46. The predicted octanol–water partition coefficient (Wildman–Crippen LogP) is 0.651. The highest BCUT2D eigenvalue weighted by molar-refractivity contribution is 5.36. The Morgan fingerprint density at radius 3 is 1.71 bits per heavy atom. The molecule has 0 aliphatic carbocycles. The van der Waals surface area contributed by atoms with Crippen LogP contribution in [0.1, 0.15) is 0 Å². The molecule has 0 saturated carbocycles. The summed E-state index contributed by atoms with van der Waals surface area (Å²) in [7, 11) is 0. The summed E-state index contributed by atoms with van der Waals surface area (Å²) in [6, 6.07) is 0. The summed E-state index contributed by atoms with van der Waals surface area (Å²) in [4.78, 5) is 41.9. The molecule has 0 amide bonds. The standard InChI is InChI=1S/C5H3N13O6/c6-14-12-3-9-2(10-4(11-3)13-15-7)8-1-5(16(19)20,17(21)22)18(23)24/h1H2,(H,8,9,10,11). The second-order valence-corrected chi connectivity index (χ2v) is 3.54. The van der Waals surface area contributed by atoms with Gasteiger partial charge in [-0.3, -0.25) is 30.3 Å². The molecule has 0 fully saturated rings. The third-order valence-electron chi connectivity index (χ3n) is 2.24. The van der Waals surface area contributed by atoms with Crippen molar-refractivity contribution in [2.45, 2.75) is 5.79 Å². The molecule has 0 unspecified atom stereocenters. The van der Waals surface area contributed by atoms with Gasteiger partial charge in [0, 0.05) is 9.82 Å². The van der Waals surface area contributed by atoms with Crippen LogP contribution in [0, 0.1) is 30.3 Å². The highest BCUT2D eigenvalue weighted by atomic mass is 16.7. The second-order valence-electron chi connectivity index (χ2n) is 3.54. The van der Waals surface area contributed by atoms with E-state index in [1.165, 1.54) is 0 Å². The van der Waals surface area contributed by atoms with Gasteiger partial charge in [-0.15, -0.1) is 0 Å². The molecule has 19 nitrogen and oxygen atoms in total. The van der Waals surface area contributed by atoms with Gasteiger partial charge in [0.1, 0.15) is 0 Å². The lowest BCUT2D eigenvalue weighted by molar-refractivity contribution is -0.965. The summed E-state index contributed by atoms with van der Waals surface area (Å²) in [5, 5.41) is 40.1. The number of anilines is 1. The smallest absolute Gasteiger partial charge is 0.333 e. The molecule has 124 valence electrons. The molecule has 0 bridgehead atoms. The average molecular weight is 341 g/mol. The zero-order valence-electron chi connectivity index (χ0n) is 11.0. The van der Waals surface area contributed by atoms with Crippen molar-refractivity contribution in [1.82, 2.24) is 15.0 Å². The first-order valence-corrected chi connectivity index (χ1v) is 5.31. The first kappa shape index (κ1) is 17.7. The minimum atomic E-state index is -3.82. The Morgan fingerprint density at radius 1 is 0.958 bits per heavy atom. The number of hydrogen-bond acceptors (Lipinski definition) is 12.